The van der Waals surface area contributed by atoms with E-state index in [1.54, 1.807) is 0 Å². The molecule has 1 rings (SSSR count). The van der Waals surface area contributed by atoms with E-state index in [9.17, 15) is 14.9 Å². The first-order chi connectivity index (χ1) is 10.5. The van der Waals surface area contributed by atoms with Crippen LogP contribution in [0.15, 0.2) is 17.2 Å². The zero-order valence-electron chi connectivity index (χ0n) is 12.4. The highest BCUT2D eigenvalue weighted by atomic mass is 16.6. The van der Waals surface area contributed by atoms with E-state index in [2.05, 4.69) is 5.10 Å². The zero-order chi connectivity index (χ0) is 16.5. The summed E-state index contributed by atoms with van der Waals surface area (Å²) in [5, 5.41) is 14.7. The molecule has 0 saturated carbocycles. The van der Waals surface area contributed by atoms with Gasteiger partial charge >= 0.3 is 11.7 Å². The minimum Gasteiger partial charge on any atom is -0.493 e. The summed E-state index contributed by atoms with van der Waals surface area (Å²) in [5.41, 5.74) is 6.99. The lowest BCUT2D eigenvalue weighted by atomic mass is 10.2. The fourth-order valence-electron chi connectivity index (χ4n) is 1.60. The van der Waals surface area contributed by atoms with Gasteiger partial charge < -0.3 is 15.2 Å². The summed E-state index contributed by atoms with van der Waals surface area (Å²) >= 11 is 0. The molecule has 3 N–H and O–H groups in total. The molecule has 9 nitrogen and oxygen atoms in total. The number of benzene rings is 1. The number of hydrazone groups is 1. The molecule has 1 aromatic rings. The second-order valence-corrected chi connectivity index (χ2v) is 4.26. The summed E-state index contributed by atoms with van der Waals surface area (Å²) < 4.78 is 10.6. The van der Waals surface area contributed by atoms with E-state index >= 15 is 0 Å². The summed E-state index contributed by atoms with van der Waals surface area (Å²) in [4.78, 5) is 21.2. The molecule has 2 amide bonds. The van der Waals surface area contributed by atoms with Crippen molar-refractivity contribution in [3.8, 4) is 11.5 Å². The number of carbonyl (C=O) groups is 1. The van der Waals surface area contributed by atoms with Crippen LogP contribution in [0.25, 0.3) is 0 Å². The number of nitrogens with two attached hydrogens (primary N) is 1. The number of hydrogen-bond acceptors (Lipinski definition) is 6. The molecular weight excluding hydrogens is 292 g/mol. The lowest BCUT2D eigenvalue weighted by Gasteiger charge is -2.11. The van der Waals surface area contributed by atoms with Gasteiger partial charge in [0.1, 0.15) is 0 Å². The molecule has 0 aromatic heterocycles. The second kappa shape index (κ2) is 8.45. The Kier molecular flexibility index (Phi) is 6.61. The van der Waals surface area contributed by atoms with Gasteiger partial charge in [-0.05, 0) is 12.5 Å². The van der Waals surface area contributed by atoms with Gasteiger partial charge in [-0.25, -0.2) is 10.2 Å². The molecule has 0 aliphatic carbocycles. The summed E-state index contributed by atoms with van der Waals surface area (Å²) in [6.45, 7) is 2.34. The third kappa shape index (κ3) is 4.93. The van der Waals surface area contributed by atoms with Gasteiger partial charge in [0.25, 0.3) is 0 Å². The molecule has 22 heavy (non-hydrogen) atoms. The summed E-state index contributed by atoms with van der Waals surface area (Å²) in [6.07, 6.45) is 2.89. The van der Waals surface area contributed by atoms with Crippen molar-refractivity contribution in [1.82, 2.24) is 5.43 Å². The third-order valence-electron chi connectivity index (χ3n) is 2.61. The standard InChI is InChI=1S/C13H18N4O5/c1-3-4-5-22-12-10(17(19)20)6-9(7-11(12)21-2)8-15-16-13(14)18/h6-8H,3-5H2,1-2H3,(H3,14,16,18)/b15-8-. The van der Waals surface area contributed by atoms with Crippen molar-refractivity contribution in [2.75, 3.05) is 13.7 Å². The lowest BCUT2D eigenvalue weighted by molar-refractivity contribution is -0.386. The Labute approximate surface area is 127 Å². The van der Waals surface area contributed by atoms with Crippen molar-refractivity contribution in [2.24, 2.45) is 10.8 Å². The second-order valence-electron chi connectivity index (χ2n) is 4.26. The molecule has 0 aliphatic rings. The van der Waals surface area contributed by atoms with Gasteiger partial charge in [-0.1, -0.05) is 13.3 Å². The molecule has 0 unspecified atom stereocenters. The van der Waals surface area contributed by atoms with E-state index in [1.807, 2.05) is 12.3 Å². The molecular formula is C13H18N4O5. The predicted octanol–water partition coefficient (Wildman–Crippen LogP) is 1.78. The maximum atomic E-state index is 11.2. The fraction of sp³-hybridized carbons (Fsp3) is 0.385. The Morgan fingerprint density at radius 1 is 1.55 bits per heavy atom. The number of primary amides is 1. The van der Waals surface area contributed by atoms with Crippen molar-refractivity contribution in [1.29, 1.82) is 0 Å². The van der Waals surface area contributed by atoms with Crippen LogP contribution in [0.4, 0.5) is 10.5 Å². The van der Waals surface area contributed by atoms with Crippen molar-refractivity contribution < 1.29 is 19.2 Å². The number of nitro groups is 1. The molecule has 9 heteroatoms. The number of amides is 2. The van der Waals surface area contributed by atoms with Crippen LogP contribution in [-0.4, -0.2) is 30.9 Å². The van der Waals surface area contributed by atoms with Crippen LogP contribution in [0.2, 0.25) is 0 Å². The van der Waals surface area contributed by atoms with Crippen LogP contribution in [0, 0.1) is 10.1 Å². The molecule has 0 radical (unpaired) electrons. The molecule has 0 spiro atoms. The zero-order valence-corrected chi connectivity index (χ0v) is 12.4. The number of nitro benzene ring substituents is 1. The minimum absolute atomic E-state index is 0.0703. The molecule has 0 saturated heterocycles. The highest BCUT2D eigenvalue weighted by Gasteiger charge is 2.21. The smallest absolute Gasteiger partial charge is 0.332 e. The van der Waals surface area contributed by atoms with Crippen molar-refractivity contribution >= 4 is 17.9 Å². The Balaban J connectivity index is 3.13. The first-order valence-electron chi connectivity index (χ1n) is 6.57. The minimum atomic E-state index is -0.836. The van der Waals surface area contributed by atoms with Gasteiger partial charge in [0.15, 0.2) is 5.75 Å². The summed E-state index contributed by atoms with van der Waals surface area (Å²) in [5.74, 6) is 0.284. The number of methoxy groups -OCH3 is 1. The highest BCUT2D eigenvalue weighted by Crippen LogP contribution is 2.38. The van der Waals surface area contributed by atoms with E-state index in [0.29, 0.717) is 12.2 Å². The average molecular weight is 310 g/mol. The van der Waals surface area contributed by atoms with Crippen LogP contribution in [0.3, 0.4) is 0 Å². The Hall–Kier alpha value is -2.84. The number of ether oxygens (including phenoxy) is 2. The van der Waals surface area contributed by atoms with E-state index in [1.165, 1.54) is 25.5 Å². The Morgan fingerprint density at radius 3 is 2.82 bits per heavy atom. The number of rotatable bonds is 8. The molecule has 120 valence electrons. The number of hydrogen-bond donors (Lipinski definition) is 2. The van der Waals surface area contributed by atoms with Crippen LogP contribution >= 0.6 is 0 Å². The normalized spacial score (nSPS) is 10.5. The molecule has 0 fully saturated rings. The molecule has 0 atom stereocenters. The molecule has 0 heterocycles. The molecule has 0 aliphatic heterocycles. The van der Waals surface area contributed by atoms with Crippen LogP contribution in [0.1, 0.15) is 25.3 Å². The van der Waals surface area contributed by atoms with Gasteiger partial charge in [-0.15, -0.1) is 0 Å². The van der Waals surface area contributed by atoms with Gasteiger partial charge in [-0.2, -0.15) is 5.10 Å². The quantitative estimate of drug-likeness (QED) is 0.327. The molecule has 0 bridgehead atoms. The van der Waals surface area contributed by atoms with Gasteiger partial charge in [-0.3, -0.25) is 10.1 Å². The third-order valence-corrected chi connectivity index (χ3v) is 2.61. The summed E-state index contributed by atoms with van der Waals surface area (Å²) in [7, 11) is 1.38. The van der Waals surface area contributed by atoms with E-state index in [-0.39, 0.29) is 17.2 Å². The van der Waals surface area contributed by atoms with Crippen molar-refractivity contribution in [2.45, 2.75) is 19.8 Å². The summed E-state index contributed by atoms with van der Waals surface area (Å²) in [6, 6.07) is 1.95. The first-order valence-corrected chi connectivity index (χ1v) is 6.57. The highest BCUT2D eigenvalue weighted by molar-refractivity contribution is 5.84. The Bertz CT molecular complexity index is 574. The van der Waals surface area contributed by atoms with Gasteiger partial charge in [0.2, 0.25) is 5.75 Å². The van der Waals surface area contributed by atoms with E-state index < -0.39 is 11.0 Å². The number of nitrogens with zero attached hydrogens (tertiary/aromatic N) is 2. The number of urea groups is 1. The maximum Gasteiger partial charge on any atom is 0.332 e. The number of unbranched alkanes of at least 4 members (excludes halogenated alkanes) is 1. The number of carbonyl (C=O) groups excluding carboxylic acids is 1. The average Bonchev–Trinajstić information content (AvgIpc) is 2.47. The molecule has 1 aromatic carbocycles. The van der Waals surface area contributed by atoms with Gasteiger partial charge in [0.05, 0.1) is 24.9 Å². The van der Waals surface area contributed by atoms with Crippen LogP contribution in [-0.2, 0) is 0 Å². The fourth-order valence-corrected chi connectivity index (χ4v) is 1.60. The maximum absolute atomic E-state index is 11.2. The topological polar surface area (TPSA) is 129 Å². The van der Waals surface area contributed by atoms with Crippen LogP contribution in [0.5, 0.6) is 11.5 Å². The Morgan fingerprint density at radius 2 is 2.27 bits per heavy atom. The van der Waals surface area contributed by atoms with Crippen molar-refractivity contribution in [3.63, 3.8) is 0 Å². The van der Waals surface area contributed by atoms with E-state index in [0.717, 1.165) is 12.8 Å². The van der Waals surface area contributed by atoms with E-state index in [4.69, 9.17) is 15.2 Å². The van der Waals surface area contributed by atoms with Crippen molar-refractivity contribution in [3.05, 3.63) is 27.8 Å². The SMILES string of the molecule is CCCCOc1c(OC)cc(/C=N\NC(N)=O)cc1[N+](=O)[O-]. The first kappa shape index (κ1) is 17.2. The monoisotopic (exact) mass is 310 g/mol. The van der Waals surface area contributed by atoms with Crippen LogP contribution < -0.4 is 20.6 Å². The largest absolute Gasteiger partial charge is 0.493 e. The number of nitrogens with one attached hydrogen (secondary N) is 1. The predicted molar refractivity (Wildman–Crippen MR) is 80.4 cm³/mol. The van der Waals surface area contributed by atoms with Gasteiger partial charge in [0, 0.05) is 11.6 Å². The lowest BCUT2D eigenvalue weighted by Crippen LogP contribution is -2.24.